The first-order valence-corrected chi connectivity index (χ1v) is 11.4. The lowest BCUT2D eigenvalue weighted by Crippen LogP contribution is -2.32. The highest BCUT2D eigenvalue weighted by atomic mass is 16.5. The van der Waals surface area contributed by atoms with Crippen LogP contribution in [0.5, 0.6) is 11.5 Å². The Kier molecular flexibility index (Phi) is 7.28. The van der Waals surface area contributed by atoms with Gasteiger partial charge in [-0.1, -0.05) is 30.3 Å². The van der Waals surface area contributed by atoms with E-state index in [0.717, 1.165) is 22.2 Å². The fourth-order valence-corrected chi connectivity index (χ4v) is 3.86. The zero-order valence-electron chi connectivity index (χ0n) is 19.4. The van der Waals surface area contributed by atoms with Gasteiger partial charge in [0, 0.05) is 28.6 Å². The number of hydrogen-bond acceptors (Lipinski definition) is 4. The first kappa shape index (κ1) is 23.1. The standard InChI is InChI=1S/C28H28N2O4/c1-3-33-24-12-10-21(11-13-24)28(32)30(18-20-8-6-5-7-9-20)19-23-16-22-17-25(34-4-2)14-15-26(22)29-27(23)31/h5-17H,3-4,18-19H2,1-2H3,(H,29,31). The number of fused-ring (bicyclic) bond motifs is 1. The van der Waals surface area contributed by atoms with Crippen LogP contribution in [-0.4, -0.2) is 29.0 Å². The van der Waals surface area contributed by atoms with Gasteiger partial charge >= 0.3 is 0 Å². The molecule has 0 atom stereocenters. The summed E-state index contributed by atoms with van der Waals surface area (Å²) >= 11 is 0. The number of nitrogens with one attached hydrogen (secondary N) is 1. The van der Waals surface area contributed by atoms with Gasteiger partial charge in [0.05, 0.1) is 19.8 Å². The van der Waals surface area contributed by atoms with E-state index in [1.807, 2.05) is 68.4 Å². The highest BCUT2D eigenvalue weighted by Crippen LogP contribution is 2.21. The number of H-pyrrole nitrogens is 1. The van der Waals surface area contributed by atoms with Gasteiger partial charge < -0.3 is 19.4 Å². The molecule has 1 heterocycles. The van der Waals surface area contributed by atoms with Crippen molar-refractivity contribution in [3.05, 3.63) is 106 Å². The first-order valence-electron chi connectivity index (χ1n) is 11.4. The molecule has 0 radical (unpaired) electrons. The van der Waals surface area contributed by atoms with Crippen LogP contribution in [0.1, 0.15) is 35.3 Å². The number of hydrogen-bond donors (Lipinski definition) is 1. The molecule has 0 saturated heterocycles. The van der Waals surface area contributed by atoms with E-state index >= 15 is 0 Å². The van der Waals surface area contributed by atoms with E-state index in [1.165, 1.54) is 0 Å². The van der Waals surface area contributed by atoms with Gasteiger partial charge in [0.15, 0.2) is 0 Å². The van der Waals surface area contributed by atoms with Crippen LogP contribution < -0.4 is 15.0 Å². The summed E-state index contributed by atoms with van der Waals surface area (Å²) in [5.41, 5.74) is 2.54. The Morgan fingerprint density at radius 2 is 1.50 bits per heavy atom. The van der Waals surface area contributed by atoms with Gasteiger partial charge in [-0.2, -0.15) is 0 Å². The Bertz CT molecular complexity index is 1310. The summed E-state index contributed by atoms with van der Waals surface area (Å²) in [6.45, 7) is 5.51. The number of aromatic amines is 1. The van der Waals surface area contributed by atoms with Gasteiger partial charge in [-0.3, -0.25) is 9.59 Å². The van der Waals surface area contributed by atoms with Crippen molar-refractivity contribution in [2.24, 2.45) is 0 Å². The number of nitrogens with zero attached hydrogens (tertiary/aromatic N) is 1. The third-order valence-electron chi connectivity index (χ3n) is 5.48. The second kappa shape index (κ2) is 10.7. The van der Waals surface area contributed by atoms with E-state index < -0.39 is 0 Å². The average Bonchev–Trinajstić information content (AvgIpc) is 2.85. The number of benzene rings is 3. The number of carbonyl (C=O) groups is 1. The zero-order chi connectivity index (χ0) is 23.9. The predicted molar refractivity (Wildman–Crippen MR) is 133 cm³/mol. The van der Waals surface area contributed by atoms with E-state index in [-0.39, 0.29) is 18.0 Å². The van der Waals surface area contributed by atoms with Gasteiger partial charge in [-0.15, -0.1) is 0 Å². The minimum atomic E-state index is -0.214. The Hall–Kier alpha value is -4.06. The van der Waals surface area contributed by atoms with Crippen LogP contribution in [0.4, 0.5) is 0 Å². The summed E-state index contributed by atoms with van der Waals surface area (Å²) < 4.78 is 11.1. The molecule has 6 nitrogen and oxygen atoms in total. The minimum Gasteiger partial charge on any atom is -0.494 e. The number of amides is 1. The number of ether oxygens (including phenoxy) is 2. The molecule has 0 unspecified atom stereocenters. The molecule has 0 bridgehead atoms. The Labute approximate surface area is 198 Å². The second-order valence-corrected chi connectivity index (χ2v) is 7.91. The van der Waals surface area contributed by atoms with Gasteiger partial charge in [0.1, 0.15) is 11.5 Å². The lowest BCUT2D eigenvalue weighted by atomic mass is 10.1. The van der Waals surface area contributed by atoms with E-state index in [1.54, 1.807) is 29.2 Å². The average molecular weight is 457 g/mol. The van der Waals surface area contributed by atoms with E-state index in [4.69, 9.17) is 9.47 Å². The fourth-order valence-electron chi connectivity index (χ4n) is 3.86. The van der Waals surface area contributed by atoms with Crippen molar-refractivity contribution >= 4 is 16.8 Å². The number of rotatable bonds is 9. The van der Waals surface area contributed by atoms with E-state index in [2.05, 4.69) is 4.98 Å². The highest BCUT2D eigenvalue weighted by molar-refractivity contribution is 5.94. The maximum absolute atomic E-state index is 13.5. The molecule has 0 aliphatic rings. The molecule has 0 aliphatic heterocycles. The molecule has 0 fully saturated rings. The molecule has 174 valence electrons. The summed E-state index contributed by atoms with van der Waals surface area (Å²) in [5, 5.41) is 0.855. The molecule has 1 aromatic heterocycles. The molecule has 6 heteroatoms. The molecule has 0 aliphatic carbocycles. The zero-order valence-corrected chi connectivity index (χ0v) is 19.4. The molecule has 1 N–H and O–H groups in total. The van der Waals surface area contributed by atoms with Gasteiger partial charge in [0.25, 0.3) is 11.5 Å². The highest BCUT2D eigenvalue weighted by Gasteiger charge is 2.19. The third kappa shape index (κ3) is 5.46. The molecule has 4 rings (SSSR count). The molecular formula is C28H28N2O4. The summed E-state index contributed by atoms with van der Waals surface area (Å²) in [4.78, 5) is 31.0. The quantitative estimate of drug-likeness (QED) is 0.377. The van der Waals surface area contributed by atoms with E-state index in [0.29, 0.717) is 36.6 Å². The Morgan fingerprint density at radius 3 is 2.21 bits per heavy atom. The van der Waals surface area contributed by atoms with Crippen molar-refractivity contribution in [2.75, 3.05) is 13.2 Å². The normalized spacial score (nSPS) is 10.8. The topological polar surface area (TPSA) is 71.6 Å². The van der Waals surface area contributed by atoms with Gasteiger partial charge in [-0.05, 0) is 67.9 Å². The number of carbonyl (C=O) groups excluding carboxylic acids is 1. The van der Waals surface area contributed by atoms with Crippen LogP contribution in [0.25, 0.3) is 10.9 Å². The molecule has 1 amide bonds. The van der Waals surface area contributed by atoms with Crippen molar-refractivity contribution in [3.8, 4) is 11.5 Å². The monoisotopic (exact) mass is 456 g/mol. The summed E-state index contributed by atoms with van der Waals surface area (Å²) in [7, 11) is 0. The van der Waals surface area contributed by atoms with E-state index in [9.17, 15) is 9.59 Å². The van der Waals surface area contributed by atoms with Crippen LogP contribution in [0.15, 0.2) is 83.7 Å². The van der Waals surface area contributed by atoms with Gasteiger partial charge in [0.2, 0.25) is 0 Å². The predicted octanol–water partition coefficient (Wildman–Crippen LogP) is 5.17. The molecule has 3 aromatic carbocycles. The minimum absolute atomic E-state index is 0.158. The molecule has 0 saturated carbocycles. The maximum Gasteiger partial charge on any atom is 0.254 e. The number of aromatic nitrogens is 1. The second-order valence-electron chi connectivity index (χ2n) is 7.91. The molecule has 34 heavy (non-hydrogen) atoms. The van der Waals surface area contributed by atoms with Crippen LogP contribution in [0.3, 0.4) is 0 Å². The van der Waals surface area contributed by atoms with Crippen LogP contribution in [0, 0.1) is 0 Å². The van der Waals surface area contributed by atoms with Crippen LogP contribution in [0.2, 0.25) is 0 Å². The van der Waals surface area contributed by atoms with Crippen LogP contribution in [-0.2, 0) is 13.1 Å². The van der Waals surface area contributed by atoms with Gasteiger partial charge in [-0.25, -0.2) is 0 Å². The van der Waals surface area contributed by atoms with Crippen molar-refractivity contribution in [2.45, 2.75) is 26.9 Å². The summed E-state index contributed by atoms with van der Waals surface area (Å²) in [6.07, 6.45) is 0. The molecular weight excluding hydrogens is 428 g/mol. The summed E-state index contributed by atoms with van der Waals surface area (Å²) in [6, 6.07) is 24.2. The SMILES string of the molecule is CCOc1ccc(C(=O)N(Cc2ccccc2)Cc2cc3cc(OCC)ccc3[nH]c2=O)cc1. The van der Waals surface area contributed by atoms with Crippen molar-refractivity contribution < 1.29 is 14.3 Å². The molecule has 4 aromatic rings. The fraction of sp³-hybridized carbons (Fsp3) is 0.214. The van der Waals surface area contributed by atoms with Crippen molar-refractivity contribution in [1.82, 2.24) is 9.88 Å². The van der Waals surface area contributed by atoms with Crippen molar-refractivity contribution in [1.29, 1.82) is 0 Å². The smallest absolute Gasteiger partial charge is 0.254 e. The largest absolute Gasteiger partial charge is 0.494 e. The van der Waals surface area contributed by atoms with Crippen molar-refractivity contribution in [3.63, 3.8) is 0 Å². The first-order chi connectivity index (χ1) is 16.6. The third-order valence-corrected chi connectivity index (χ3v) is 5.48. The lowest BCUT2D eigenvalue weighted by Gasteiger charge is -2.23. The molecule has 0 spiro atoms. The summed E-state index contributed by atoms with van der Waals surface area (Å²) in [5.74, 6) is 1.29. The Morgan fingerprint density at radius 1 is 0.824 bits per heavy atom. The van der Waals surface area contributed by atoms with Crippen LogP contribution >= 0.6 is 0 Å². The lowest BCUT2D eigenvalue weighted by molar-refractivity contribution is 0.0729. The maximum atomic E-state index is 13.5. The Balaban J connectivity index is 1.67. The number of pyridine rings is 1.